The monoisotopic (exact) mass is 247 g/mol. The summed E-state index contributed by atoms with van der Waals surface area (Å²) in [5, 5.41) is 12.1. The number of hydrogen-bond acceptors (Lipinski definition) is 2. The van der Waals surface area contributed by atoms with Gasteiger partial charge in [-0.2, -0.15) is 0 Å². The van der Waals surface area contributed by atoms with Crippen LogP contribution in [-0.4, -0.2) is 23.7 Å². The number of aliphatic hydroxyl groups is 1. The average molecular weight is 247 g/mol. The summed E-state index contributed by atoms with van der Waals surface area (Å²) in [5.74, 6) is 0.486. The van der Waals surface area contributed by atoms with Crippen molar-refractivity contribution in [1.82, 2.24) is 5.32 Å². The molecule has 1 aliphatic carbocycles. The molecule has 1 fully saturated rings. The van der Waals surface area contributed by atoms with Crippen molar-refractivity contribution >= 4 is 5.91 Å². The number of aliphatic hydroxyl groups excluding tert-OH is 1. The van der Waals surface area contributed by atoms with Crippen LogP contribution in [0.5, 0.6) is 0 Å². The number of benzene rings is 1. The lowest BCUT2D eigenvalue weighted by Crippen LogP contribution is -2.40. The van der Waals surface area contributed by atoms with Crippen LogP contribution >= 0.6 is 0 Å². The molecule has 0 aliphatic heterocycles. The third-order valence-corrected chi connectivity index (χ3v) is 3.59. The molecule has 0 radical (unpaired) electrons. The van der Waals surface area contributed by atoms with Gasteiger partial charge < -0.3 is 10.4 Å². The molecule has 0 aromatic heterocycles. The number of amides is 1. The summed E-state index contributed by atoms with van der Waals surface area (Å²) in [6, 6.07) is 9.82. The summed E-state index contributed by atoms with van der Waals surface area (Å²) in [5.41, 5.74) is 1.09. The van der Waals surface area contributed by atoms with Gasteiger partial charge in [0.05, 0.1) is 18.6 Å². The maximum Gasteiger partial charge on any atom is 0.228 e. The van der Waals surface area contributed by atoms with Gasteiger partial charge in [0.25, 0.3) is 0 Å². The minimum atomic E-state index is -0.123. The summed E-state index contributed by atoms with van der Waals surface area (Å²) >= 11 is 0. The Balaban J connectivity index is 2.08. The van der Waals surface area contributed by atoms with E-state index in [9.17, 15) is 4.79 Å². The van der Waals surface area contributed by atoms with Crippen LogP contribution in [0.3, 0.4) is 0 Å². The van der Waals surface area contributed by atoms with Gasteiger partial charge in [0.2, 0.25) is 5.91 Å². The highest BCUT2D eigenvalue weighted by molar-refractivity contribution is 5.84. The predicted molar refractivity (Wildman–Crippen MR) is 71.2 cm³/mol. The van der Waals surface area contributed by atoms with Crippen LogP contribution in [0.15, 0.2) is 30.3 Å². The van der Waals surface area contributed by atoms with E-state index in [-0.39, 0.29) is 24.5 Å². The standard InChI is InChI=1S/C15H21NO2/c1-2-13(10-17)16-15(18)14(12-8-9-12)11-6-4-3-5-7-11/h3-7,12-14,17H,2,8-10H2,1H3,(H,16,18). The molecule has 2 N–H and O–H groups in total. The van der Waals surface area contributed by atoms with Crippen molar-refractivity contribution < 1.29 is 9.90 Å². The van der Waals surface area contributed by atoms with Crippen molar-refractivity contribution in [2.45, 2.75) is 38.1 Å². The Morgan fingerprint density at radius 2 is 2.06 bits per heavy atom. The highest BCUT2D eigenvalue weighted by atomic mass is 16.3. The SMILES string of the molecule is CCC(CO)NC(=O)C(c1ccccc1)C1CC1. The van der Waals surface area contributed by atoms with E-state index in [2.05, 4.69) is 5.32 Å². The topological polar surface area (TPSA) is 49.3 Å². The van der Waals surface area contributed by atoms with E-state index < -0.39 is 0 Å². The molecule has 98 valence electrons. The quantitative estimate of drug-likeness (QED) is 0.808. The molecule has 2 unspecified atom stereocenters. The molecule has 1 amide bonds. The first kappa shape index (κ1) is 13.1. The molecule has 0 saturated heterocycles. The maximum absolute atomic E-state index is 12.3. The first-order valence-electron chi connectivity index (χ1n) is 6.72. The molecule has 3 nitrogen and oxygen atoms in total. The zero-order chi connectivity index (χ0) is 13.0. The number of carbonyl (C=O) groups excluding carboxylic acids is 1. The van der Waals surface area contributed by atoms with E-state index in [1.54, 1.807) is 0 Å². The highest BCUT2D eigenvalue weighted by Gasteiger charge is 2.37. The second-order valence-corrected chi connectivity index (χ2v) is 5.02. The number of rotatable bonds is 6. The summed E-state index contributed by atoms with van der Waals surface area (Å²) < 4.78 is 0. The third-order valence-electron chi connectivity index (χ3n) is 3.59. The van der Waals surface area contributed by atoms with Gasteiger partial charge in [-0.3, -0.25) is 4.79 Å². The second kappa shape index (κ2) is 6.01. The molecule has 1 aromatic rings. The van der Waals surface area contributed by atoms with Crippen LogP contribution in [-0.2, 0) is 4.79 Å². The highest BCUT2D eigenvalue weighted by Crippen LogP contribution is 2.42. The minimum Gasteiger partial charge on any atom is -0.394 e. The van der Waals surface area contributed by atoms with Gasteiger partial charge >= 0.3 is 0 Å². The van der Waals surface area contributed by atoms with Crippen LogP contribution in [0.4, 0.5) is 0 Å². The van der Waals surface area contributed by atoms with Gasteiger partial charge in [-0.1, -0.05) is 37.3 Å². The van der Waals surface area contributed by atoms with Crippen LogP contribution in [0.2, 0.25) is 0 Å². The zero-order valence-electron chi connectivity index (χ0n) is 10.8. The Morgan fingerprint density at radius 3 is 2.56 bits per heavy atom. The minimum absolute atomic E-state index is 0.00835. The molecule has 3 heteroatoms. The molecule has 1 saturated carbocycles. The normalized spacial score (nSPS) is 18.1. The van der Waals surface area contributed by atoms with Crippen molar-refractivity contribution in [1.29, 1.82) is 0 Å². The van der Waals surface area contributed by atoms with Crippen LogP contribution in [0.25, 0.3) is 0 Å². The number of hydrogen-bond donors (Lipinski definition) is 2. The Kier molecular flexibility index (Phi) is 4.37. The fourth-order valence-corrected chi connectivity index (χ4v) is 2.30. The van der Waals surface area contributed by atoms with Crippen LogP contribution in [0, 0.1) is 5.92 Å². The fourth-order valence-electron chi connectivity index (χ4n) is 2.30. The Bertz CT molecular complexity index is 383. The molecule has 0 bridgehead atoms. The summed E-state index contributed by atoms with van der Waals surface area (Å²) in [6.45, 7) is 1.98. The van der Waals surface area contributed by atoms with E-state index in [0.717, 1.165) is 24.8 Å². The molecule has 2 rings (SSSR count). The molecule has 1 aliphatic rings. The van der Waals surface area contributed by atoms with Crippen molar-refractivity contribution in [3.63, 3.8) is 0 Å². The molecular formula is C15H21NO2. The lowest BCUT2D eigenvalue weighted by Gasteiger charge is -2.20. The van der Waals surface area contributed by atoms with E-state index in [0.29, 0.717) is 5.92 Å². The maximum atomic E-state index is 12.3. The summed E-state index contributed by atoms with van der Waals surface area (Å²) in [7, 11) is 0. The first-order chi connectivity index (χ1) is 8.76. The van der Waals surface area contributed by atoms with Crippen LogP contribution < -0.4 is 5.32 Å². The first-order valence-corrected chi connectivity index (χ1v) is 6.72. The van der Waals surface area contributed by atoms with Crippen molar-refractivity contribution in [2.75, 3.05) is 6.61 Å². The van der Waals surface area contributed by atoms with Crippen molar-refractivity contribution in [3.8, 4) is 0 Å². The Labute approximate surface area is 108 Å². The number of carbonyl (C=O) groups is 1. The summed E-state index contributed by atoms with van der Waals surface area (Å²) in [4.78, 5) is 12.3. The largest absolute Gasteiger partial charge is 0.394 e. The summed E-state index contributed by atoms with van der Waals surface area (Å²) in [6.07, 6.45) is 3.01. The predicted octanol–water partition coefficient (Wildman–Crippen LogP) is 2.07. The van der Waals surface area contributed by atoms with E-state index in [4.69, 9.17) is 5.11 Å². The van der Waals surface area contributed by atoms with E-state index >= 15 is 0 Å². The zero-order valence-corrected chi connectivity index (χ0v) is 10.8. The Morgan fingerprint density at radius 1 is 1.39 bits per heavy atom. The van der Waals surface area contributed by atoms with Gasteiger partial charge in [-0.15, -0.1) is 0 Å². The van der Waals surface area contributed by atoms with E-state index in [1.807, 2.05) is 37.3 Å². The Hall–Kier alpha value is -1.35. The van der Waals surface area contributed by atoms with Gasteiger partial charge in [-0.25, -0.2) is 0 Å². The molecular weight excluding hydrogens is 226 g/mol. The average Bonchev–Trinajstić information content (AvgIpc) is 3.22. The molecule has 2 atom stereocenters. The molecule has 18 heavy (non-hydrogen) atoms. The van der Waals surface area contributed by atoms with Gasteiger partial charge in [0.15, 0.2) is 0 Å². The lowest BCUT2D eigenvalue weighted by molar-refractivity contribution is -0.124. The smallest absolute Gasteiger partial charge is 0.228 e. The van der Waals surface area contributed by atoms with Gasteiger partial charge in [0, 0.05) is 0 Å². The molecule has 1 aromatic carbocycles. The van der Waals surface area contributed by atoms with Gasteiger partial charge in [0.1, 0.15) is 0 Å². The number of nitrogens with one attached hydrogen (secondary N) is 1. The molecule has 0 heterocycles. The van der Waals surface area contributed by atoms with Gasteiger partial charge in [-0.05, 0) is 30.7 Å². The third kappa shape index (κ3) is 3.10. The lowest BCUT2D eigenvalue weighted by atomic mass is 9.93. The fraction of sp³-hybridized carbons (Fsp3) is 0.533. The molecule has 0 spiro atoms. The van der Waals surface area contributed by atoms with Crippen LogP contribution in [0.1, 0.15) is 37.7 Å². The van der Waals surface area contributed by atoms with Crippen molar-refractivity contribution in [2.24, 2.45) is 5.92 Å². The van der Waals surface area contributed by atoms with Crippen molar-refractivity contribution in [3.05, 3.63) is 35.9 Å². The second-order valence-electron chi connectivity index (χ2n) is 5.02. The van der Waals surface area contributed by atoms with E-state index in [1.165, 1.54) is 0 Å².